The predicted molar refractivity (Wildman–Crippen MR) is 30.9 cm³/mol. The number of hydrogen-bond acceptors (Lipinski definition) is 1. The minimum Gasteiger partial charge on any atom is -0.322 e. The maximum Gasteiger partial charge on any atom is 0.117 e. The molecule has 0 aromatic heterocycles. The Balaban J connectivity index is 2.66. The van der Waals surface area contributed by atoms with Crippen LogP contribution in [0, 0.1) is 0 Å². The molecule has 8 heavy (non-hydrogen) atoms. The monoisotopic (exact) mass is 113 g/mol. The molecule has 0 bridgehead atoms. The van der Waals surface area contributed by atoms with Gasteiger partial charge in [-0.05, 0) is 12.5 Å². The number of halogens is 1. The van der Waals surface area contributed by atoms with Crippen molar-refractivity contribution in [2.24, 2.45) is 5.73 Å². The summed E-state index contributed by atoms with van der Waals surface area (Å²) in [6.45, 7) is 0. The second-order valence-corrected chi connectivity index (χ2v) is 1.82. The highest BCUT2D eigenvalue weighted by molar-refractivity contribution is 5.17. The topological polar surface area (TPSA) is 26.0 Å². The highest BCUT2D eigenvalue weighted by Gasteiger charge is 2.07. The lowest BCUT2D eigenvalue weighted by Gasteiger charge is -2.07. The Kier molecular flexibility index (Phi) is 1.44. The summed E-state index contributed by atoms with van der Waals surface area (Å²) in [6.07, 6.45) is 5.56. The average molecular weight is 113 g/mol. The van der Waals surface area contributed by atoms with E-state index in [1.54, 1.807) is 6.08 Å². The lowest BCUT2D eigenvalue weighted by atomic mass is 10.1. The molecular weight excluding hydrogens is 105 g/mol. The van der Waals surface area contributed by atoms with Crippen molar-refractivity contribution in [3.63, 3.8) is 0 Å². The van der Waals surface area contributed by atoms with Gasteiger partial charge < -0.3 is 5.73 Å². The third-order valence-electron chi connectivity index (χ3n) is 1.14. The third-order valence-corrected chi connectivity index (χ3v) is 1.14. The standard InChI is InChI=1S/C6H8FN/c7-5-3-1-2-4-6(5)8/h1-3,6H,4,8H2. The first kappa shape index (κ1) is 5.51. The lowest BCUT2D eigenvalue weighted by molar-refractivity contribution is 0.537. The summed E-state index contributed by atoms with van der Waals surface area (Å²) in [4.78, 5) is 0. The SMILES string of the molecule is NC1CC=CC=C1F. The minimum absolute atomic E-state index is 0.215. The smallest absolute Gasteiger partial charge is 0.117 e. The first-order valence-corrected chi connectivity index (χ1v) is 2.58. The Labute approximate surface area is 47.7 Å². The summed E-state index contributed by atoms with van der Waals surface area (Å²) in [6, 6.07) is -0.389. The normalized spacial score (nSPS) is 27.8. The van der Waals surface area contributed by atoms with Gasteiger partial charge in [0.1, 0.15) is 5.83 Å². The van der Waals surface area contributed by atoms with Gasteiger partial charge in [0.05, 0.1) is 6.04 Å². The molecule has 0 amide bonds. The van der Waals surface area contributed by atoms with Crippen molar-refractivity contribution >= 4 is 0 Å². The maximum atomic E-state index is 12.3. The summed E-state index contributed by atoms with van der Waals surface area (Å²) in [5, 5.41) is 0. The molecule has 1 aliphatic rings. The van der Waals surface area contributed by atoms with Crippen molar-refractivity contribution < 1.29 is 4.39 Å². The molecule has 1 aliphatic carbocycles. The van der Waals surface area contributed by atoms with Crippen molar-refractivity contribution in [1.29, 1.82) is 0 Å². The highest BCUT2D eigenvalue weighted by atomic mass is 19.1. The second-order valence-electron chi connectivity index (χ2n) is 1.82. The Morgan fingerprint density at radius 3 is 2.88 bits per heavy atom. The molecule has 0 aliphatic heterocycles. The van der Waals surface area contributed by atoms with Crippen LogP contribution in [0.3, 0.4) is 0 Å². The van der Waals surface area contributed by atoms with Crippen LogP contribution in [-0.2, 0) is 0 Å². The van der Waals surface area contributed by atoms with Crippen LogP contribution in [0.4, 0.5) is 4.39 Å². The molecular formula is C6H8FN. The van der Waals surface area contributed by atoms with Gasteiger partial charge in [-0.1, -0.05) is 12.2 Å². The molecule has 0 aromatic carbocycles. The van der Waals surface area contributed by atoms with E-state index in [1.807, 2.05) is 6.08 Å². The van der Waals surface area contributed by atoms with Gasteiger partial charge in [-0.25, -0.2) is 4.39 Å². The van der Waals surface area contributed by atoms with Crippen molar-refractivity contribution in [2.75, 3.05) is 0 Å². The van der Waals surface area contributed by atoms with Crippen LogP contribution in [0.1, 0.15) is 6.42 Å². The Hall–Kier alpha value is -0.630. The molecule has 0 saturated carbocycles. The summed E-state index contributed by atoms with van der Waals surface area (Å²) < 4.78 is 12.3. The van der Waals surface area contributed by atoms with E-state index in [9.17, 15) is 4.39 Å². The first-order valence-electron chi connectivity index (χ1n) is 2.58. The van der Waals surface area contributed by atoms with Crippen molar-refractivity contribution in [2.45, 2.75) is 12.5 Å². The fourth-order valence-corrected chi connectivity index (χ4v) is 0.621. The molecule has 0 radical (unpaired) electrons. The van der Waals surface area contributed by atoms with Crippen LogP contribution in [0.2, 0.25) is 0 Å². The van der Waals surface area contributed by atoms with Gasteiger partial charge in [0, 0.05) is 0 Å². The molecule has 2 N–H and O–H groups in total. The van der Waals surface area contributed by atoms with Crippen LogP contribution in [-0.4, -0.2) is 6.04 Å². The summed E-state index contributed by atoms with van der Waals surface area (Å²) in [5.74, 6) is -0.215. The van der Waals surface area contributed by atoms with Gasteiger partial charge in [-0.15, -0.1) is 0 Å². The summed E-state index contributed by atoms with van der Waals surface area (Å²) >= 11 is 0. The van der Waals surface area contributed by atoms with E-state index in [0.717, 1.165) is 0 Å². The van der Waals surface area contributed by atoms with Crippen LogP contribution >= 0.6 is 0 Å². The number of hydrogen-bond donors (Lipinski definition) is 1. The van der Waals surface area contributed by atoms with Gasteiger partial charge >= 0.3 is 0 Å². The molecule has 0 fully saturated rings. The highest BCUT2D eigenvalue weighted by Crippen LogP contribution is 2.10. The van der Waals surface area contributed by atoms with Crippen LogP contribution in [0.25, 0.3) is 0 Å². The van der Waals surface area contributed by atoms with Gasteiger partial charge in [0.15, 0.2) is 0 Å². The molecule has 0 saturated heterocycles. The summed E-state index contributed by atoms with van der Waals surface area (Å²) in [7, 11) is 0. The molecule has 0 heterocycles. The first-order chi connectivity index (χ1) is 3.80. The number of allylic oxidation sites excluding steroid dienone is 2. The molecule has 0 aromatic rings. The molecule has 0 spiro atoms. The third kappa shape index (κ3) is 0.954. The molecule has 1 atom stereocenters. The van der Waals surface area contributed by atoms with E-state index in [0.29, 0.717) is 6.42 Å². The van der Waals surface area contributed by atoms with E-state index in [2.05, 4.69) is 0 Å². The average Bonchev–Trinajstić information content (AvgIpc) is 1.77. The summed E-state index contributed by atoms with van der Waals surface area (Å²) in [5.41, 5.74) is 5.28. The van der Waals surface area contributed by atoms with Gasteiger partial charge in [-0.3, -0.25) is 0 Å². The molecule has 1 unspecified atom stereocenters. The van der Waals surface area contributed by atoms with Crippen LogP contribution in [0.5, 0.6) is 0 Å². The number of rotatable bonds is 0. The van der Waals surface area contributed by atoms with Gasteiger partial charge in [0.2, 0.25) is 0 Å². The molecule has 1 rings (SSSR count). The van der Waals surface area contributed by atoms with Crippen LogP contribution in [0.15, 0.2) is 24.1 Å². The van der Waals surface area contributed by atoms with E-state index in [4.69, 9.17) is 5.73 Å². The van der Waals surface area contributed by atoms with Crippen molar-refractivity contribution in [1.82, 2.24) is 0 Å². The zero-order valence-electron chi connectivity index (χ0n) is 4.47. The van der Waals surface area contributed by atoms with Crippen molar-refractivity contribution in [3.05, 3.63) is 24.1 Å². The number of nitrogens with two attached hydrogens (primary N) is 1. The van der Waals surface area contributed by atoms with Crippen LogP contribution < -0.4 is 5.73 Å². The zero-order chi connectivity index (χ0) is 5.98. The van der Waals surface area contributed by atoms with Gasteiger partial charge in [0.25, 0.3) is 0 Å². The van der Waals surface area contributed by atoms with E-state index in [1.165, 1.54) is 6.08 Å². The zero-order valence-corrected chi connectivity index (χ0v) is 4.47. The molecule has 2 heteroatoms. The fourth-order valence-electron chi connectivity index (χ4n) is 0.621. The van der Waals surface area contributed by atoms with E-state index in [-0.39, 0.29) is 11.9 Å². The molecule has 44 valence electrons. The Bertz CT molecular complexity index is 137. The van der Waals surface area contributed by atoms with E-state index < -0.39 is 0 Å². The molecule has 1 nitrogen and oxygen atoms in total. The predicted octanol–water partition coefficient (Wildman–Crippen LogP) is 1.13. The maximum absolute atomic E-state index is 12.3. The second kappa shape index (κ2) is 2.09. The Morgan fingerprint density at radius 2 is 2.50 bits per heavy atom. The quantitative estimate of drug-likeness (QED) is 0.500. The van der Waals surface area contributed by atoms with Gasteiger partial charge in [-0.2, -0.15) is 0 Å². The lowest BCUT2D eigenvalue weighted by Crippen LogP contribution is -2.20. The fraction of sp³-hybridized carbons (Fsp3) is 0.333. The Morgan fingerprint density at radius 1 is 1.75 bits per heavy atom. The van der Waals surface area contributed by atoms with Crippen molar-refractivity contribution in [3.8, 4) is 0 Å². The van der Waals surface area contributed by atoms with E-state index >= 15 is 0 Å². The minimum atomic E-state index is -0.389. The largest absolute Gasteiger partial charge is 0.322 e.